The summed E-state index contributed by atoms with van der Waals surface area (Å²) in [5.74, 6) is 1.01. The summed E-state index contributed by atoms with van der Waals surface area (Å²) in [5.41, 5.74) is 0.256. The highest BCUT2D eigenvalue weighted by molar-refractivity contribution is 5.92. The molecule has 2 aromatic rings. The topological polar surface area (TPSA) is 62.9 Å². The Kier molecular flexibility index (Phi) is 4.96. The van der Waals surface area contributed by atoms with Gasteiger partial charge in [0, 0.05) is 18.0 Å². The molecule has 4 rings (SSSR count). The summed E-state index contributed by atoms with van der Waals surface area (Å²) >= 11 is 0. The number of benzene rings is 1. The van der Waals surface area contributed by atoms with Crippen molar-refractivity contribution in [2.45, 2.75) is 50.7 Å². The lowest BCUT2D eigenvalue weighted by molar-refractivity contribution is -0.115. The molecule has 144 valence electrons. The first-order valence-electron chi connectivity index (χ1n) is 9.92. The SMILES string of the molecule is CCOc1ccccc1[C@H]1[C@H]2CCCC[C@]2(O)CCN1C(=O)c1ccco1. The first kappa shape index (κ1) is 18.1. The molecule has 0 bridgehead atoms. The third-order valence-electron chi connectivity index (χ3n) is 6.10. The van der Waals surface area contributed by atoms with Crippen LogP contribution in [0.4, 0.5) is 0 Å². The zero-order valence-corrected chi connectivity index (χ0v) is 15.8. The first-order chi connectivity index (χ1) is 13.1. The van der Waals surface area contributed by atoms with Crippen molar-refractivity contribution < 1.29 is 19.1 Å². The van der Waals surface area contributed by atoms with Crippen LogP contribution < -0.4 is 4.74 Å². The normalized spacial score (nSPS) is 27.9. The monoisotopic (exact) mass is 369 g/mol. The number of nitrogens with zero attached hydrogens (tertiary/aromatic N) is 1. The molecule has 2 heterocycles. The first-order valence-corrected chi connectivity index (χ1v) is 9.92. The minimum Gasteiger partial charge on any atom is -0.494 e. The lowest BCUT2D eigenvalue weighted by Gasteiger charge is -2.52. The molecular weight excluding hydrogens is 342 g/mol. The van der Waals surface area contributed by atoms with E-state index in [-0.39, 0.29) is 17.9 Å². The molecule has 27 heavy (non-hydrogen) atoms. The molecule has 1 amide bonds. The van der Waals surface area contributed by atoms with Crippen molar-refractivity contribution in [3.63, 3.8) is 0 Å². The van der Waals surface area contributed by atoms with Crippen LogP contribution in [-0.4, -0.2) is 34.7 Å². The van der Waals surface area contributed by atoms with Crippen molar-refractivity contribution in [1.29, 1.82) is 0 Å². The smallest absolute Gasteiger partial charge is 0.290 e. The molecule has 0 radical (unpaired) electrons. The van der Waals surface area contributed by atoms with Crippen molar-refractivity contribution in [2.24, 2.45) is 5.92 Å². The summed E-state index contributed by atoms with van der Waals surface area (Å²) in [7, 11) is 0. The van der Waals surface area contributed by atoms with Gasteiger partial charge in [0.1, 0.15) is 5.75 Å². The molecule has 3 atom stereocenters. The van der Waals surface area contributed by atoms with Crippen molar-refractivity contribution in [1.82, 2.24) is 4.90 Å². The number of carbonyl (C=O) groups is 1. The second-order valence-corrected chi connectivity index (χ2v) is 7.60. The molecule has 1 N–H and O–H groups in total. The number of rotatable bonds is 4. The van der Waals surface area contributed by atoms with Crippen LogP contribution in [0.1, 0.15) is 61.2 Å². The van der Waals surface area contributed by atoms with Crippen LogP contribution in [-0.2, 0) is 0 Å². The number of amides is 1. The fourth-order valence-corrected chi connectivity index (χ4v) is 4.85. The summed E-state index contributed by atoms with van der Waals surface area (Å²) in [4.78, 5) is 15.1. The van der Waals surface area contributed by atoms with E-state index < -0.39 is 5.60 Å². The van der Waals surface area contributed by atoms with Gasteiger partial charge in [-0.2, -0.15) is 0 Å². The number of hydrogen-bond donors (Lipinski definition) is 1. The third kappa shape index (κ3) is 3.25. The minimum atomic E-state index is -0.720. The van der Waals surface area contributed by atoms with Gasteiger partial charge in [0.05, 0.1) is 24.5 Å². The number of fused-ring (bicyclic) bond motifs is 1. The highest BCUT2D eigenvalue weighted by Gasteiger charge is 2.51. The molecule has 0 unspecified atom stereocenters. The van der Waals surface area contributed by atoms with E-state index in [1.54, 1.807) is 12.1 Å². The van der Waals surface area contributed by atoms with E-state index in [2.05, 4.69) is 0 Å². The summed E-state index contributed by atoms with van der Waals surface area (Å²) in [6.45, 7) is 3.03. The van der Waals surface area contributed by atoms with Crippen LogP contribution in [0.15, 0.2) is 47.1 Å². The minimum absolute atomic E-state index is 0.000480. The molecule has 5 nitrogen and oxygen atoms in total. The summed E-state index contributed by atoms with van der Waals surface area (Å²) in [6, 6.07) is 11.1. The lowest BCUT2D eigenvalue weighted by atomic mass is 9.66. The second-order valence-electron chi connectivity index (χ2n) is 7.60. The van der Waals surface area contributed by atoms with Gasteiger partial charge >= 0.3 is 0 Å². The van der Waals surface area contributed by atoms with Gasteiger partial charge in [-0.3, -0.25) is 4.79 Å². The van der Waals surface area contributed by atoms with Crippen molar-refractivity contribution in [3.05, 3.63) is 54.0 Å². The summed E-state index contributed by atoms with van der Waals surface area (Å²) < 4.78 is 11.3. The molecule has 0 spiro atoms. The molecule has 1 aromatic carbocycles. The number of furan rings is 1. The Labute approximate surface area is 159 Å². The molecule has 5 heteroatoms. The number of ether oxygens (including phenoxy) is 1. The number of aliphatic hydroxyl groups is 1. The van der Waals surface area contributed by atoms with Gasteiger partial charge in [-0.1, -0.05) is 31.0 Å². The van der Waals surface area contributed by atoms with Crippen molar-refractivity contribution in [2.75, 3.05) is 13.2 Å². The number of piperidine rings is 1. The average Bonchev–Trinajstić information content (AvgIpc) is 3.22. The molecular formula is C22H27NO4. The fraction of sp³-hybridized carbons (Fsp3) is 0.500. The van der Waals surface area contributed by atoms with Gasteiger partial charge in [0.25, 0.3) is 5.91 Å². The third-order valence-corrected chi connectivity index (χ3v) is 6.10. The van der Waals surface area contributed by atoms with E-state index in [0.717, 1.165) is 37.0 Å². The van der Waals surface area contributed by atoms with Crippen LogP contribution in [0.3, 0.4) is 0 Å². The Balaban J connectivity index is 1.78. The van der Waals surface area contributed by atoms with Gasteiger partial charge < -0.3 is 19.2 Å². The maximum absolute atomic E-state index is 13.2. The van der Waals surface area contributed by atoms with Gasteiger partial charge in [-0.05, 0) is 44.4 Å². The van der Waals surface area contributed by atoms with Crippen LogP contribution in [0.2, 0.25) is 0 Å². The van der Waals surface area contributed by atoms with Crippen LogP contribution in [0, 0.1) is 5.92 Å². The molecule has 1 aromatic heterocycles. The number of carbonyl (C=O) groups excluding carboxylic acids is 1. The van der Waals surface area contributed by atoms with Gasteiger partial charge in [0.15, 0.2) is 5.76 Å². The van der Waals surface area contributed by atoms with Crippen LogP contribution in [0.25, 0.3) is 0 Å². The quantitative estimate of drug-likeness (QED) is 0.878. The van der Waals surface area contributed by atoms with Crippen LogP contribution in [0.5, 0.6) is 5.75 Å². The number of likely N-dealkylation sites (tertiary alicyclic amines) is 1. The van der Waals surface area contributed by atoms with Gasteiger partial charge in [-0.15, -0.1) is 0 Å². The fourth-order valence-electron chi connectivity index (χ4n) is 4.85. The molecule has 1 aliphatic carbocycles. The highest BCUT2D eigenvalue weighted by Crippen LogP contribution is 2.51. The lowest BCUT2D eigenvalue weighted by Crippen LogP contribution is -2.56. The number of hydrogen-bond acceptors (Lipinski definition) is 4. The molecule has 1 saturated heterocycles. The van der Waals surface area contributed by atoms with E-state index >= 15 is 0 Å². The Morgan fingerprint density at radius 3 is 2.89 bits per heavy atom. The van der Waals surface area contributed by atoms with E-state index in [9.17, 15) is 9.90 Å². The van der Waals surface area contributed by atoms with Gasteiger partial charge in [0.2, 0.25) is 0 Å². The van der Waals surface area contributed by atoms with E-state index in [1.807, 2.05) is 36.1 Å². The standard InChI is InChI=1S/C22H27NO4/c1-2-26-18-10-4-3-8-16(18)20-17-9-5-6-12-22(17,25)13-14-23(20)21(24)19-11-7-15-27-19/h3-4,7-8,10-11,15,17,20,25H,2,5-6,9,12-14H2,1H3/t17-,20+,22+/m1/s1. The maximum Gasteiger partial charge on any atom is 0.290 e. The summed E-state index contributed by atoms with van der Waals surface area (Å²) in [6.07, 6.45) is 5.95. The Bertz CT molecular complexity index is 787. The zero-order valence-electron chi connectivity index (χ0n) is 15.8. The number of para-hydroxylation sites is 1. The molecule has 2 fully saturated rings. The van der Waals surface area contributed by atoms with Gasteiger partial charge in [-0.25, -0.2) is 0 Å². The second kappa shape index (κ2) is 7.39. The van der Waals surface area contributed by atoms with Crippen molar-refractivity contribution in [3.8, 4) is 5.75 Å². The average molecular weight is 369 g/mol. The summed E-state index contributed by atoms with van der Waals surface area (Å²) in [5, 5.41) is 11.4. The predicted molar refractivity (Wildman–Crippen MR) is 102 cm³/mol. The predicted octanol–water partition coefficient (Wildman–Crippen LogP) is 4.19. The Morgan fingerprint density at radius 2 is 2.11 bits per heavy atom. The Morgan fingerprint density at radius 1 is 1.26 bits per heavy atom. The zero-order chi connectivity index (χ0) is 18.9. The molecule has 2 aliphatic rings. The van der Waals surface area contributed by atoms with Crippen molar-refractivity contribution >= 4 is 5.91 Å². The van der Waals surface area contributed by atoms with E-state index in [0.29, 0.717) is 25.3 Å². The van der Waals surface area contributed by atoms with E-state index in [1.165, 1.54) is 6.26 Å². The largest absolute Gasteiger partial charge is 0.494 e. The Hall–Kier alpha value is -2.27. The molecule has 1 aliphatic heterocycles. The molecule has 1 saturated carbocycles. The highest BCUT2D eigenvalue weighted by atomic mass is 16.5. The van der Waals surface area contributed by atoms with Crippen LogP contribution >= 0.6 is 0 Å². The maximum atomic E-state index is 13.2. The van der Waals surface area contributed by atoms with E-state index in [4.69, 9.17) is 9.15 Å².